The molecule has 67 heavy (non-hydrogen) atoms. The maximum Gasteiger partial charge on any atom is 0.340 e. The Labute approximate surface area is 397 Å². The lowest BCUT2D eigenvalue weighted by Crippen LogP contribution is -2.27. The molecule has 2 heterocycles. The minimum Gasteiger partial charge on any atom is -0.507 e. The SMILES string of the molecule is CC(C)(C)OC(=O)c1ccc(-c2ccccc2)cc1NC(=O)c1cc(C2CCCCN2)ccc1O.Cl.O=C(Nc1cc(-c2ccccc2)ccc1C(=O)O)c1cc(C2CCCCN2)ccc1O. The molecule has 2 aliphatic heterocycles. The largest absolute Gasteiger partial charge is 0.507 e. The van der Waals surface area contributed by atoms with Crippen LogP contribution in [0, 0.1) is 0 Å². The zero-order valence-electron chi connectivity index (χ0n) is 37.8. The molecule has 2 unspecified atom stereocenters. The minimum atomic E-state index is -1.14. The quantitative estimate of drug-likeness (QED) is 0.0652. The van der Waals surface area contributed by atoms with E-state index >= 15 is 0 Å². The third-order valence-electron chi connectivity index (χ3n) is 11.6. The van der Waals surface area contributed by atoms with E-state index in [1.807, 2.05) is 78.9 Å². The lowest BCUT2D eigenvalue weighted by Gasteiger charge is -2.24. The van der Waals surface area contributed by atoms with Gasteiger partial charge >= 0.3 is 11.9 Å². The highest BCUT2D eigenvalue weighted by atomic mass is 35.5. The van der Waals surface area contributed by atoms with E-state index in [0.29, 0.717) is 5.69 Å². The van der Waals surface area contributed by atoms with E-state index in [-0.39, 0.29) is 63.9 Å². The van der Waals surface area contributed by atoms with E-state index in [1.165, 1.54) is 12.1 Å². The lowest BCUT2D eigenvalue weighted by molar-refractivity contribution is 0.00703. The first-order valence-corrected chi connectivity index (χ1v) is 22.3. The number of piperidine rings is 2. The van der Waals surface area contributed by atoms with Gasteiger partial charge in [-0.2, -0.15) is 0 Å². The Bertz CT molecular complexity index is 2690. The van der Waals surface area contributed by atoms with Crippen molar-refractivity contribution in [2.24, 2.45) is 0 Å². The topological polar surface area (TPSA) is 186 Å². The van der Waals surface area contributed by atoms with E-state index in [1.54, 1.807) is 63.2 Å². The van der Waals surface area contributed by atoms with Crippen LogP contribution in [0.4, 0.5) is 11.4 Å². The average Bonchev–Trinajstić information content (AvgIpc) is 3.32. The molecule has 2 amide bonds. The molecule has 0 bridgehead atoms. The van der Waals surface area contributed by atoms with Crippen molar-refractivity contribution in [3.05, 3.63) is 167 Å². The highest BCUT2D eigenvalue weighted by Crippen LogP contribution is 2.33. The molecule has 6 aromatic carbocycles. The number of carboxylic acid groups (broad SMARTS) is 1. The molecule has 0 aliphatic carbocycles. The first kappa shape index (κ1) is 49.4. The summed E-state index contributed by atoms with van der Waals surface area (Å²) in [6.45, 7) is 7.24. The maximum atomic E-state index is 13.3. The molecular formula is C54H57ClN4O8. The number of carboxylic acids is 1. The van der Waals surface area contributed by atoms with Crippen LogP contribution < -0.4 is 21.3 Å². The minimum absolute atomic E-state index is 0. The molecule has 7 N–H and O–H groups in total. The molecule has 0 spiro atoms. The van der Waals surface area contributed by atoms with Gasteiger partial charge in [-0.15, -0.1) is 12.4 Å². The predicted molar refractivity (Wildman–Crippen MR) is 264 cm³/mol. The van der Waals surface area contributed by atoms with Crippen LogP contribution in [-0.4, -0.2) is 57.8 Å². The van der Waals surface area contributed by atoms with Gasteiger partial charge in [0.05, 0.1) is 33.6 Å². The predicted octanol–water partition coefficient (Wildman–Crippen LogP) is 11.3. The monoisotopic (exact) mass is 924 g/mol. The number of hydrogen-bond donors (Lipinski definition) is 7. The number of benzene rings is 6. The zero-order chi connectivity index (χ0) is 46.8. The number of ether oxygens (including phenoxy) is 1. The second-order valence-electron chi connectivity index (χ2n) is 17.5. The Hall–Kier alpha value is -6.99. The van der Waals surface area contributed by atoms with E-state index < -0.39 is 29.4 Å². The van der Waals surface area contributed by atoms with Crippen molar-refractivity contribution in [2.45, 2.75) is 77.0 Å². The summed E-state index contributed by atoms with van der Waals surface area (Å²) in [7, 11) is 0. The van der Waals surface area contributed by atoms with Crippen molar-refractivity contribution in [2.75, 3.05) is 23.7 Å². The Morgan fingerprint density at radius 3 is 1.37 bits per heavy atom. The van der Waals surface area contributed by atoms with Gasteiger partial charge in [-0.3, -0.25) is 9.59 Å². The van der Waals surface area contributed by atoms with Crippen molar-refractivity contribution < 1.29 is 39.2 Å². The van der Waals surface area contributed by atoms with Gasteiger partial charge in [-0.1, -0.05) is 97.8 Å². The molecule has 2 aliphatic rings. The summed E-state index contributed by atoms with van der Waals surface area (Å²) < 4.78 is 5.57. The fraction of sp³-hybridized carbons (Fsp3) is 0.259. The molecule has 8 rings (SSSR count). The Kier molecular flexibility index (Phi) is 16.6. The smallest absolute Gasteiger partial charge is 0.340 e. The van der Waals surface area contributed by atoms with Gasteiger partial charge in [0.2, 0.25) is 0 Å². The highest BCUT2D eigenvalue weighted by molar-refractivity contribution is 6.11. The number of esters is 1. The van der Waals surface area contributed by atoms with E-state index in [4.69, 9.17) is 4.74 Å². The molecular weight excluding hydrogens is 868 g/mol. The van der Waals surface area contributed by atoms with E-state index in [2.05, 4.69) is 21.3 Å². The van der Waals surface area contributed by atoms with Gasteiger partial charge in [-0.05, 0) is 141 Å². The summed E-state index contributed by atoms with van der Waals surface area (Å²) in [6.07, 6.45) is 6.42. The van der Waals surface area contributed by atoms with Crippen LogP contribution in [0.5, 0.6) is 11.5 Å². The molecule has 348 valence electrons. The Morgan fingerprint density at radius 1 is 0.537 bits per heavy atom. The van der Waals surface area contributed by atoms with E-state index in [9.17, 15) is 34.5 Å². The Balaban J connectivity index is 0.000000219. The number of halogens is 1. The molecule has 0 radical (unpaired) electrons. The fourth-order valence-electron chi connectivity index (χ4n) is 8.17. The van der Waals surface area contributed by atoms with Crippen LogP contribution in [0.2, 0.25) is 0 Å². The number of amides is 2. The number of rotatable bonds is 10. The standard InChI is InChI=1S/C29H32N2O4.C25H24N2O4.ClH/c1-29(2,3)35-28(34)22-14-12-20(19-9-5-4-6-10-19)18-25(22)31-27(33)23-17-21(13-15-26(23)32)24-11-7-8-16-30-24;28-23-12-10-18(21-8-4-5-13-26-21)14-20(23)24(29)27-22-15-17(9-11-19(22)25(30)31)16-6-2-1-3-7-16;/h4-6,9-10,12-15,17-18,24,30,32H,7-8,11,16H2,1-3H3,(H,31,33);1-3,6-7,9-12,14-15,21,26,28H,4-5,8,13H2,(H,27,29)(H,30,31);1H. The number of aromatic carboxylic acids is 1. The van der Waals surface area contributed by atoms with Gasteiger partial charge in [0, 0.05) is 12.1 Å². The normalized spacial score (nSPS) is 15.7. The maximum absolute atomic E-state index is 13.3. The third kappa shape index (κ3) is 12.9. The van der Waals surface area contributed by atoms with E-state index in [0.717, 1.165) is 85.0 Å². The molecule has 6 aromatic rings. The first-order chi connectivity index (χ1) is 31.7. The van der Waals surface area contributed by atoms with Gasteiger partial charge in [0.25, 0.3) is 11.8 Å². The Morgan fingerprint density at radius 2 is 0.970 bits per heavy atom. The summed E-state index contributed by atoms with van der Waals surface area (Å²) in [5.41, 5.74) is 5.70. The van der Waals surface area contributed by atoms with Crippen molar-refractivity contribution in [3.8, 4) is 33.8 Å². The molecule has 2 fully saturated rings. The van der Waals surface area contributed by atoms with Crippen LogP contribution in [-0.2, 0) is 4.74 Å². The molecule has 2 atom stereocenters. The molecule has 0 saturated carbocycles. The van der Waals surface area contributed by atoms with Crippen LogP contribution >= 0.6 is 12.4 Å². The van der Waals surface area contributed by atoms with Gasteiger partial charge in [0.1, 0.15) is 17.1 Å². The summed E-state index contributed by atoms with van der Waals surface area (Å²) in [5.74, 6) is -2.97. The molecule has 2 saturated heterocycles. The van der Waals surface area contributed by atoms with Crippen LogP contribution in [0.25, 0.3) is 22.3 Å². The van der Waals surface area contributed by atoms with Gasteiger partial charge in [-0.25, -0.2) is 9.59 Å². The van der Waals surface area contributed by atoms with Crippen molar-refractivity contribution in [3.63, 3.8) is 0 Å². The summed E-state index contributed by atoms with van der Waals surface area (Å²) in [5, 5.41) is 42.8. The number of carbonyl (C=O) groups excluding carboxylic acids is 3. The van der Waals surface area contributed by atoms with Gasteiger partial charge in [0.15, 0.2) is 0 Å². The van der Waals surface area contributed by atoms with Crippen molar-refractivity contribution in [1.29, 1.82) is 0 Å². The van der Waals surface area contributed by atoms with Gasteiger partial charge < -0.3 is 41.3 Å². The third-order valence-corrected chi connectivity index (χ3v) is 11.6. The summed E-state index contributed by atoms with van der Waals surface area (Å²) in [6, 6.07) is 39.7. The first-order valence-electron chi connectivity index (χ1n) is 22.3. The number of hydrogen-bond acceptors (Lipinski definition) is 9. The number of phenolic OH excluding ortho intramolecular Hbond substituents is 2. The summed E-state index contributed by atoms with van der Waals surface area (Å²) in [4.78, 5) is 51.0. The number of phenols is 2. The molecule has 13 heteroatoms. The molecule has 12 nitrogen and oxygen atoms in total. The lowest BCUT2D eigenvalue weighted by atomic mass is 9.95. The van der Waals surface area contributed by atoms with Crippen LogP contribution in [0.15, 0.2) is 133 Å². The molecule has 0 aromatic heterocycles. The second kappa shape index (κ2) is 22.5. The van der Waals surface area contributed by atoms with Crippen molar-refractivity contribution >= 4 is 47.5 Å². The summed E-state index contributed by atoms with van der Waals surface area (Å²) >= 11 is 0. The second-order valence-corrected chi connectivity index (χ2v) is 17.5. The number of aromatic hydroxyl groups is 2. The van der Waals surface area contributed by atoms with Crippen LogP contribution in [0.1, 0.15) is 124 Å². The number of nitrogens with one attached hydrogen (secondary N) is 4. The highest BCUT2D eigenvalue weighted by Gasteiger charge is 2.25. The van der Waals surface area contributed by atoms with Crippen LogP contribution in [0.3, 0.4) is 0 Å². The zero-order valence-corrected chi connectivity index (χ0v) is 38.6. The fourth-order valence-corrected chi connectivity index (χ4v) is 8.17. The number of carbonyl (C=O) groups is 4. The average molecular weight is 926 g/mol. The number of anilines is 2. The van der Waals surface area contributed by atoms with Crippen molar-refractivity contribution in [1.82, 2.24) is 10.6 Å².